The number of nitrogens with zero attached hydrogens (tertiary/aromatic N) is 2. The van der Waals surface area contributed by atoms with Crippen molar-refractivity contribution in [2.45, 2.75) is 6.92 Å². The number of nitrogens with one attached hydrogen (secondary N) is 2. The molecule has 2 aromatic carbocycles. The molecule has 4 nitrogen and oxygen atoms in total. The Labute approximate surface area is 154 Å². The summed E-state index contributed by atoms with van der Waals surface area (Å²) in [4.78, 5) is 4.37. The second kappa shape index (κ2) is 7.55. The summed E-state index contributed by atoms with van der Waals surface area (Å²) >= 11 is 11.3. The topological polar surface area (TPSA) is 49.3 Å². The lowest BCUT2D eigenvalue weighted by atomic mass is 10.1. The summed E-state index contributed by atoms with van der Waals surface area (Å²) in [5.41, 5.74) is 5.98. The van der Waals surface area contributed by atoms with E-state index in [1.54, 1.807) is 18.3 Å². The Morgan fingerprint density at radius 1 is 1.20 bits per heavy atom. The van der Waals surface area contributed by atoms with Crippen LogP contribution in [0.5, 0.6) is 0 Å². The Morgan fingerprint density at radius 3 is 2.72 bits per heavy atom. The first-order valence-corrected chi connectivity index (χ1v) is 8.22. The molecule has 0 saturated heterocycles. The Kier molecular flexibility index (Phi) is 5.21. The van der Waals surface area contributed by atoms with E-state index in [0.29, 0.717) is 16.4 Å². The van der Waals surface area contributed by atoms with E-state index in [-0.39, 0.29) is 10.9 Å². The quantitative estimate of drug-likeness (QED) is 0.304. The van der Waals surface area contributed by atoms with Crippen molar-refractivity contribution in [3.8, 4) is 0 Å². The first kappa shape index (κ1) is 17.3. The fraction of sp³-hybridized carbons (Fsp3) is 0.0556. The normalized spacial score (nSPS) is 11.0. The Balaban J connectivity index is 1.68. The molecule has 1 heterocycles. The van der Waals surface area contributed by atoms with Crippen LogP contribution in [-0.4, -0.2) is 16.3 Å². The molecule has 0 fully saturated rings. The molecule has 0 aliphatic rings. The lowest BCUT2D eigenvalue weighted by Crippen LogP contribution is -2.23. The molecule has 0 unspecified atom stereocenters. The van der Waals surface area contributed by atoms with Crippen LogP contribution in [0.3, 0.4) is 0 Å². The summed E-state index contributed by atoms with van der Waals surface area (Å²) in [5.74, 6) is -0.309. The summed E-state index contributed by atoms with van der Waals surface area (Å²) in [5, 5.41) is 8.58. The van der Waals surface area contributed by atoms with E-state index in [0.717, 1.165) is 16.5 Å². The standard InChI is InChI=1S/C18H14ClFN4S/c1-11-2-3-12-9-13(17(19)23-16(12)8-11)10-21-24-18(25)22-15-6-4-14(20)5-7-15/h2-10H,1H3,(H2,22,24,25)/b21-10+. The van der Waals surface area contributed by atoms with E-state index >= 15 is 0 Å². The van der Waals surface area contributed by atoms with Crippen LogP contribution in [0.2, 0.25) is 5.15 Å². The van der Waals surface area contributed by atoms with Gasteiger partial charge >= 0.3 is 0 Å². The van der Waals surface area contributed by atoms with Gasteiger partial charge in [0.1, 0.15) is 11.0 Å². The monoisotopic (exact) mass is 372 g/mol. The number of hydrogen-bond donors (Lipinski definition) is 2. The van der Waals surface area contributed by atoms with Gasteiger partial charge in [0, 0.05) is 16.6 Å². The van der Waals surface area contributed by atoms with Gasteiger partial charge in [-0.2, -0.15) is 5.10 Å². The molecule has 1 aromatic heterocycles. The van der Waals surface area contributed by atoms with E-state index in [2.05, 4.69) is 20.8 Å². The van der Waals surface area contributed by atoms with Gasteiger partial charge in [-0.25, -0.2) is 9.37 Å². The zero-order valence-electron chi connectivity index (χ0n) is 13.3. The lowest BCUT2D eigenvalue weighted by molar-refractivity contribution is 0.628. The Bertz CT molecular complexity index is 957. The number of fused-ring (bicyclic) bond motifs is 1. The molecular weight excluding hydrogens is 359 g/mol. The van der Waals surface area contributed by atoms with Crippen molar-refractivity contribution in [2.75, 3.05) is 5.32 Å². The highest BCUT2D eigenvalue weighted by molar-refractivity contribution is 7.80. The molecule has 0 saturated carbocycles. The van der Waals surface area contributed by atoms with E-state index in [1.807, 2.05) is 31.2 Å². The zero-order valence-corrected chi connectivity index (χ0v) is 14.8. The van der Waals surface area contributed by atoms with Crippen molar-refractivity contribution in [3.63, 3.8) is 0 Å². The summed E-state index contributed by atoms with van der Waals surface area (Å²) in [7, 11) is 0. The molecule has 126 valence electrons. The number of benzene rings is 2. The lowest BCUT2D eigenvalue weighted by Gasteiger charge is -2.07. The van der Waals surface area contributed by atoms with Gasteiger partial charge in [0.15, 0.2) is 5.11 Å². The molecule has 2 N–H and O–H groups in total. The average molecular weight is 373 g/mol. The molecule has 3 aromatic rings. The van der Waals surface area contributed by atoms with Gasteiger partial charge < -0.3 is 5.32 Å². The zero-order chi connectivity index (χ0) is 17.8. The third kappa shape index (κ3) is 4.49. The molecule has 0 aliphatic heterocycles. The Morgan fingerprint density at radius 2 is 1.96 bits per heavy atom. The van der Waals surface area contributed by atoms with Gasteiger partial charge in [-0.15, -0.1) is 0 Å². The van der Waals surface area contributed by atoms with Gasteiger partial charge in [-0.05, 0) is 61.1 Å². The van der Waals surface area contributed by atoms with E-state index in [9.17, 15) is 4.39 Å². The second-order valence-electron chi connectivity index (χ2n) is 5.40. The number of hydrazone groups is 1. The van der Waals surface area contributed by atoms with Crippen LogP contribution in [0.15, 0.2) is 53.6 Å². The minimum Gasteiger partial charge on any atom is -0.331 e. The van der Waals surface area contributed by atoms with E-state index < -0.39 is 0 Å². The van der Waals surface area contributed by atoms with Crippen molar-refractivity contribution >= 4 is 51.7 Å². The van der Waals surface area contributed by atoms with Crippen molar-refractivity contribution in [2.24, 2.45) is 5.10 Å². The molecule has 0 radical (unpaired) electrons. The van der Waals surface area contributed by atoms with Crippen molar-refractivity contribution in [1.29, 1.82) is 0 Å². The fourth-order valence-electron chi connectivity index (χ4n) is 2.21. The molecule has 0 aliphatic carbocycles. The van der Waals surface area contributed by atoms with Crippen LogP contribution >= 0.6 is 23.8 Å². The highest BCUT2D eigenvalue weighted by Gasteiger charge is 2.04. The third-order valence-electron chi connectivity index (χ3n) is 3.43. The minimum absolute atomic E-state index is 0.281. The van der Waals surface area contributed by atoms with E-state index in [4.69, 9.17) is 23.8 Å². The molecule has 0 amide bonds. The molecule has 0 spiro atoms. The first-order chi connectivity index (χ1) is 12.0. The predicted molar refractivity (Wildman–Crippen MR) is 105 cm³/mol. The van der Waals surface area contributed by atoms with Crippen LogP contribution in [0.25, 0.3) is 10.9 Å². The average Bonchev–Trinajstić information content (AvgIpc) is 2.57. The van der Waals surface area contributed by atoms with Crippen LogP contribution in [0.4, 0.5) is 10.1 Å². The van der Waals surface area contributed by atoms with Gasteiger partial charge in [0.25, 0.3) is 0 Å². The van der Waals surface area contributed by atoms with Gasteiger partial charge in [-0.3, -0.25) is 5.43 Å². The number of anilines is 1. The Hall–Kier alpha value is -2.57. The summed E-state index contributed by atoms with van der Waals surface area (Å²) in [6.45, 7) is 2.00. The SMILES string of the molecule is Cc1ccc2cc(/C=N/NC(=S)Nc3ccc(F)cc3)c(Cl)nc2c1. The van der Waals surface area contributed by atoms with Gasteiger partial charge in [0.2, 0.25) is 0 Å². The number of aryl methyl sites for hydroxylation is 1. The van der Waals surface area contributed by atoms with Crippen LogP contribution in [0.1, 0.15) is 11.1 Å². The number of halogens is 2. The molecule has 25 heavy (non-hydrogen) atoms. The maximum atomic E-state index is 12.9. The maximum Gasteiger partial charge on any atom is 0.191 e. The second-order valence-corrected chi connectivity index (χ2v) is 6.16. The van der Waals surface area contributed by atoms with E-state index in [1.165, 1.54) is 12.1 Å². The fourth-order valence-corrected chi connectivity index (χ4v) is 2.58. The van der Waals surface area contributed by atoms with Gasteiger partial charge in [0.05, 0.1) is 11.7 Å². The molecule has 7 heteroatoms. The maximum absolute atomic E-state index is 12.9. The van der Waals surface area contributed by atoms with Crippen molar-refractivity contribution < 1.29 is 4.39 Å². The summed E-state index contributed by atoms with van der Waals surface area (Å²) < 4.78 is 12.9. The highest BCUT2D eigenvalue weighted by atomic mass is 35.5. The van der Waals surface area contributed by atoms with Crippen LogP contribution < -0.4 is 10.7 Å². The molecular formula is C18H14ClFN4S. The highest BCUT2D eigenvalue weighted by Crippen LogP contribution is 2.20. The van der Waals surface area contributed by atoms with Crippen molar-refractivity contribution in [3.05, 3.63) is 70.6 Å². The number of rotatable bonds is 3. The minimum atomic E-state index is -0.309. The van der Waals surface area contributed by atoms with Crippen LogP contribution in [0, 0.1) is 12.7 Å². The summed E-state index contributed by atoms with van der Waals surface area (Å²) in [6.07, 6.45) is 1.55. The number of thiocarbonyl (C=S) groups is 1. The first-order valence-electron chi connectivity index (χ1n) is 7.44. The largest absolute Gasteiger partial charge is 0.331 e. The van der Waals surface area contributed by atoms with Gasteiger partial charge in [-0.1, -0.05) is 23.7 Å². The molecule has 3 rings (SSSR count). The number of hydrogen-bond acceptors (Lipinski definition) is 3. The number of aromatic nitrogens is 1. The number of pyridine rings is 1. The molecule has 0 bridgehead atoms. The van der Waals surface area contributed by atoms with Crippen LogP contribution in [-0.2, 0) is 0 Å². The third-order valence-corrected chi connectivity index (χ3v) is 3.92. The molecule has 0 atom stereocenters. The predicted octanol–water partition coefficient (Wildman–Crippen LogP) is 4.66. The van der Waals surface area contributed by atoms with Crippen molar-refractivity contribution in [1.82, 2.24) is 10.4 Å². The smallest absolute Gasteiger partial charge is 0.191 e. The summed E-state index contributed by atoms with van der Waals surface area (Å²) in [6, 6.07) is 13.7.